The van der Waals surface area contributed by atoms with Gasteiger partial charge in [0.2, 0.25) is 0 Å². The highest BCUT2D eigenvalue weighted by molar-refractivity contribution is 4.63. The lowest BCUT2D eigenvalue weighted by Crippen LogP contribution is -2.47. The lowest BCUT2D eigenvalue weighted by molar-refractivity contribution is -0.0867. The highest BCUT2D eigenvalue weighted by atomic mass is 19.3. The molecule has 2 N–H and O–H groups in total. The summed E-state index contributed by atoms with van der Waals surface area (Å²) in [5, 5.41) is 0. The van der Waals surface area contributed by atoms with Gasteiger partial charge < -0.3 is 0 Å². The van der Waals surface area contributed by atoms with E-state index in [-0.39, 0.29) is 0 Å². The predicted molar refractivity (Wildman–Crippen MR) is 32.0 cm³/mol. The molecule has 2 nitrogen and oxygen atoms in total. The second-order valence-corrected chi connectivity index (χ2v) is 2.15. The maximum absolute atomic E-state index is 12.4. The van der Waals surface area contributed by atoms with Crippen LogP contribution in [0.2, 0.25) is 0 Å². The molecule has 0 aliphatic carbocycles. The van der Waals surface area contributed by atoms with Crippen molar-refractivity contribution in [2.75, 3.05) is 7.05 Å². The molecule has 0 aromatic rings. The van der Waals surface area contributed by atoms with E-state index >= 15 is 0 Å². The quantitative estimate of drug-likeness (QED) is 0.448. The smallest absolute Gasteiger partial charge is 0.256 e. The van der Waals surface area contributed by atoms with Gasteiger partial charge in [-0.2, -0.15) is 14.2 Å². The number of hydrogen-bond acceptors (Lipinski definition) is 2. The van der Waals surface area contributed by atoms with Gasteiger partial charge in [0.25, 0.3) is 0 Å². The third-order valence-corrected chi connectivity index (χ3v) is 1.02. The molecular formula is C5H12F2N2. The van der Waals surface area contributed by atoms with Crippen molar-refractivity contribution in [1.82, 2.24) is 10.9 Å². The van der Waals surface area contributed by atoms with Crippen molar-refractivity contribution in [3.8, 4) is 0 Å². The maximum atomic E-state index is 12.4. The molecule has 0 unspecified atom stereocenters. The zero-order valence-corrected chi connectivity index (χ0v) is 5.83. The largest absolute Gasteiger partial charge is 0.316 e. The third-order valence-electron chi connectivity index (χ3n) is 1.02. The Bertz CT molecular complexity index is 83.0. The van der Waals surface area contributed by atoms with E-state index in [1.165, 1.54) is 20.9 Å². The molecule has 0 saturated heterocycles. The second-order valence-electron chi connectivity index (χ2n) is 2.15. The molecule has 0 aliphatic rings. The molecule has 0 aliphatic heterocycles. The highest BCUT2D eigenvalue weighted by Crippen LogP contribution is 2.18. The van der Waals surface area contributed by atoms with Crippen molar-refractivity contribution >= 4 is 0 Å². The molecule has 0 rings (SSSR count). The predicted octanol–water partition coefficient (Wildman–Crippen LogP) is 0.959. The van der Waals surface area contributed by atoms with Crippen LogP contribution in [0.25, 0.3) is 0 Å². The van der Waals surface area contributed by atoms with Crippen molar-refractivity contribution in [1.29, 1.82) is 0 Å². The van der Waals surface area contributed by atoms with Gasteiger partial charge in [0, 0.05) is 5.92 Å². The molecular weight excluding hydrogens is 126 g/mol. The maximum Gasteiger partial charge on any atom is 0.316 e. The van der Waals surface area contributed by atoms with Gasteiger partial charge in [0.1, 0.15) is 0 Å². The van der Waals surface area contributed by atoms with Crippen LogP contribution in [0.1, 0.15) is 13.8 Å². The number of hydrazine groups is 1. The Kier molecular flexibility index (Phi) is 3.00. The van der Waals surface area contributed by atoms with Gasteiger partial charge in [-0.05, 0) is 7.05 Å². The molecule has 9 heavy (non-hydrogen) atoms. The first-order chi connectivity index (χ1) is 4.00. The highest BCUT2D eigenvalue weighted by Gasteiger charge is 2.31. The van der Waals surface area contributed by atoms with Crippen molar-refractivity contribution in [3.63, 3.8) is 0 Å². The summed E-state index contributed by atoms with van der Waals surface area (Å²) in [6.07, 6.45) is 0. The molecule has 0 radical (unpaired) electrons. The van der Waals surface area contributed by atoms with Gasteiger partial charge in [0.05, 0.1) is 0 Å². The zero-order chi connectivity index (χ0) is 7.49. The minimum atomic E-state index is -2.81. The average Bonchev–Trinajstić information content (AvgIpc) is 1.65. The lowest BCUT2D eigenvalue weighted by Gasteiger charge is -2.20. The number of alkyl halides is 2. The monoisotopic (exact) mass is 138 g/mol. The van der Waals surface area contributed by atoms with Crippen molar-refractivity contribution < 1.29 is 8.78 Å². The van der Waals surface area contributed by atoms with Crippen LogP contribution in [0, 0.1) is 5.92 Å². The van der Waals surface area contributed by atoms with E-state index in [0.717, 1.165) is 0 Å². The van der Waals surface area contributed by atoms with Crippen molar-refractivity contribution in [2.24, 2.45) is 5.92 Å². The van der Waals surface area contributed by atoms with Gasteiger partial charge >= 0.3 is 6.05 Å². The molecule has 0 atom stereocenters. The Hall–Kier alpha value is -0.220. The summed E-state index contributed by atoms with van der Waals surface area (Å²) >= 11 is 0. The SMILES string of the molecule is CNNC(F)(F)C(C)C. The standard InChI is InChI=1S/C5H12F2N2/c1-4(2)5(6,7)9-8-3/h4,8-9H,1-3H3. The number of halogens is 2. The first kappa shape index (κ1) is 8.78. The van der Waals surface area contributed by atoms with E-state index in [1.807, 2.05) is 5.43 Å². The Labute approximate surface area is 53.6 Å². The second kappa shape index (κ2) is 3.08. The summed E-state index contributed by atoms with van der Waals surface area (Å²) in [6, 6.07) is -2.81. The first-order valence-corrected chi connectivity index (χ1v) is 2.82. The number of hydrogen-bond donors (Lipinski definition) is 2. The minimum absolute atomic E-state index is 0.690. The van der Waals surface area contributed by atoms with E-state index in [2.05, 4.69) is 5.43 Å². The van der Waals surface area contributed by atoms with E-state index in [9.17, 15) is 8.78 Å². The van der Waals surface area contributed by atoms with Crippen molar-refractivity contribution in [2.45, 2.75) is 19.9 Å². The molecule has 0 fully saturated rings. The third kappa shape index (κ3) is 2.72. The molecule has 0 saturated carbocycles. The van der Waals surface area contributed by atoms with Crippen LogP contribution in [0.15, 0.2) is 0 Å². The molecule has 0 amide bonds. The fourth-order valence-corrected chi connectivity index (χ4v) is 0.311. The van der Waals surface area contributed by atoms with Crippen LogP contribution in [0.4, 0.5) is 8.78 Å². The summed E-state index contributed by atoms with van der Waals surface area (Å²) in [4.78, 5) is 0. The van der Waals surface area contributed by atoms with Crippen molar-refractivity contribution in [3.05, 3.63) is 0 Å². The summed E-state index contributed by atoms with van der Waals surface area (Å²) in [6.45, 7) is 2.90. The van der Waals surface area contributed by atoms with E-state index in [4.69, 9.17) is 0 Å². The minimum Gasteiger partial charge on any atom is -0.256 e. The summed E-state index contributed by atoms with van der Waals surface area (Å²) in [5.74, 6) is -0.690. The lowest BCUT2D eigenvalue weighted by atomic mass is 10.2. The van der Waals surface area contributed by atoms with E-state index in [1.54, 1.807) is 0 Å². The van der Waals surface area contributed by atoms with Gasteiger partial charge in [-0.25, -0.2) is 0 Å². The Morgan fingerprint density at radius 3 is 1.89 bits per heavy atom. The molecule has 0 spiro atoms. The van der Waals surface area contributed by atoms with Gasteiger partial charge in [-0.1, -0.05) is 13.8 Å². The van der Waals surface area contributed by atoms with Crippen LogP contribution < -0.4 is 10.9 Å². The van der Waals surface area contributed by atoms with Crippen LogP contribution in [-0.4, -0.2) is 13.1 Å². The van der Waals surface area contributed by atoms with Gasteiger partial charge in [-0.15, -0.1) is 0 Å². The van der Waals surface area contributed by atoms with Gasteiger partial charge in [-0.3, -0.25) is 5.43 Å². The van der Waals surface area contributed by atoms with Crippen LogP contribution >= 0.6 is 0 Å². The molecule has 4 heteroatoms. The molecule has 0 heterocycles. The molecule has 0 aromatic carbocycles. The van der Waals surface area contributed by atoms with Crippen LogP contribution in [0.3, 0.4) is 0 Å². The normalized spacial score (nSPS) is 12.7. The summed E-state index contributed by atoms with van der Waals surface area (Å²) in [7, 11) is 1.41. The molecule has 0 aromatic heterocycles. The number of rotatable bonds is 3. The Morgan fingerprint density at radius 2 is 1.78 bits per heavy atom. The fourth-order valence-electron chi connectivity index (χ4n) is 0.311. The van der Waals surface area contributed by atoms with Gasteiger partial charge in [0.15, 0.2) is 0 Å². The summed E-state index contributed by atoms with van der Waals surface area (Å²) < 4.78 is 24.7. The van der Waals surface area contributed by atoms with Crippen LogP contribution in [0.5, 0.6) is 0 Å². The van der Waals surface area contributed by atoms with Crippen LogP contribution in [-0.2, 0) is 0 Å². The van der Waals surface area contributed by atoms with E-state index in [0.29, 0.717) is 0 Å². The molecule has 56 valence electrons. The molecule has 0 bridgehead atoms. The van der Waals surface area contributed by atoms with E-state index < -0.39 is 12.0 Å². The topological polar surface area (TPSA) is 24.1 Å². The average molecular weight is 138 g/mol. The Balaban J connectivity index is 3.70. The first-order valence-electron chi connectivity index (χ1n) is 2.82. The Morgan fingerprint density at radius 1 is 1.33 bits per heavy atom. The fraction of sp³-hybridized carbons (Fsp3) is 1.00. The number of nitrogens with one attached hydrogen (secondary N) is 2. The summed E-state index contributed by atoms with van der Waals surface area (Å²) in [5.41, 5.74) is 4.03. The zero-order valence-electron chi connectivity index (χ0n) is 5.83.